The van der Waals surface area contributed by atoms with Crippen LogP contribution < -0.4 is 14.8 Å². The Morgan fingerprint density at radius 3 is 2.48 bits per heavy atom. The van der Waals surface area contributed by atoms with Crippen molar-refractivity contribution < 1.29 is 27.4 Å². The smallest absolute Gasteiger partial charge is 0.573 e. The first-order chi connectivity index (χ1) is 9.83. The highest BCUT2D eigenvalue weighted by molar-refractivity contribution is 6.04. The molecule has 21 heavy (non-hydrogen) atoms. The number of hydrogen-bond acceptors (Lipinski definition) is 3. The van der Waals surface area contributed by atoms with Gasteiger partial charge in [-0.1, -0.05) is 6.07 Å². The van der Waals surface area contributed by atoms with Gasteiger partial charge in [0.15, 0.2) is 12.4 Å². The summed E-state index contributed by atoms with van der Waals surface area (Å²) in [5.74, 6) is -0.995. The number of nitrogens with one attached hydrogen (secondary N) is 1. The summed E-state index contributed by atoms with van der Waals surface area (Å²) in [6.45, 7) is 0. The molecule has 2 rings (SSSR count). The van der Waals surface area contributed by atoms with Gasteiger partial charge in [-0.2, -0.15) is 4.73 Å². The summed E-state index contributed by atoms with van der Waals surface area (Å²) in [5.41, 5.74) is 0.338. The third kappa shape index (κ3) is 4.37. The lowest BCUT2D eigenvalue weighted by Crippen LogP contribution is -2.25. The molecule has 2 aromatic rings. The zero-order valence-corrected chi connectivity index (χ0v) is 10.4. The monoisotopic (exact) mass is 298 g/mol. The number of benzene rings is 1. The second kappa shape index (κ2) is 5.70. The van der Waals surface area contributed by atoms with Crippen molar-refractivity contribution in [3.05, 3.63) is 59.6 Å². The zero-order valence-electron chi connectivity index (χ0n) is 10.4. The second-order valence-electron chi connectivity index (χ2n) is 3.98. The number of ether oxygens (including phenoxy) is 1. The van der Waals surface area contributed by atoms with E-state index in [2.05, 4.69) is 10.1 Å². The molecule has 0 aliphatic heterocycles. The molecule has 0 bridgehead atoms. The second-order valence-corrected chi connectivity index (χ2v) is 3.98. The van der Waals surface area contributed by atoms with Crippen LogP contribution in [0.4, 0.5) is 18.9 Å². The fourth-order valence-electron chi connectivity index (χ4n) is 1.54. The van der Waals surface area contributed by atoms with Gasteiger partial charge in [-0.05, 0) is 12.1 Å². The van der Waals surface area contributed by atoms with E-state index in [9.17, 15) is 23.2 Å². The molecular formula is C13H9F3N2O3. The molecule has 0 saturated carbocycles. The molecular weight excluding hydrogens is 289 g/mol. The molecule has 1 heterocycles. The third-order valence-corrected chi connectivity index (χ3v) is 2.39. The normalized spacial score (nSPS) is 11.0. The van der Waals surface area contributed by atoms with Gasteiger partial charge in [-0.15, -0.1) is 13.2 Å². The summed E-state index contributed by atoms with van der Waals surface area (Å²) < 4.78 is 40.5. The van der Waals surface area contributed by atoms with Crippen LogP contribution in [0.25, 0.3) is 0 Å². The van der Waals surface area contributed by atoms with E-state index < -0.39 is 18.0 Å². The highest BCUT2D eigenvalue weighted by Crippen LogP contribution is 2.25. The summed E-state index contributed by atoms with van der Waals surface area (Å²) >= 11 is 0. The minimum atomic E-state index is -4.80. The maximum Gasteiger partial charge on any atom is 0.573 e. The molecule has 0 atom stereocenters. The molecule has 1 aromatic carbocycles. The topological polar surface area (TPSA) is 65.3 Å². The SMILES string of the molecule is O=C(Nc1cccc(OC(F)(F)F)c1)c1cc[n+]([O-])cc1. The van der Waals surface area contributed by atoms with Crippen molar-refractivity contribution in [2.75, 3.05) is 5.32 Å². The average molecular weight is 298 g/mol. The highest BCUT2D eigenvalue weighted by Gasteiger charge is 2.31. The van der Waals surface area contributed by atoms with E-state index in [1.54, 1.807) is 0 Å². The first-order valence-electron chi connectivity index (χ1n) is 5.69. The van der Waals surface area contributed by atoms with Crippen molar-refractivity contribution in [3.63, 3.8) is 0 Å². The Morgan fingerprint density at radius 1 is 1.19 bits per heavy atom. The average Bonchev–Trinajstić information content (AvgIpc) is 2.37. The summed E-state index contributed by atoms with van der Waals surface area (Å²) in [5, 5.41) is 13.2. The minimum Gasteiger partial charge on any atom is -0.619 e. The van der Waals surface area contributed by atoms with Crippen LogP contribution in [0.2, 0.25) is 0 Å². The number of rotatable bonds is 3. The Morgan fingerprint density at radius 2 is 1.86 bits per heavy atom. The van der Waals surface area contributed by atoms with Crippen LogP contribution in [-0.2, 0) is 0 Å². The summed E-state index contributed by atoms with van der Waals surface area (Å²) in [4.78, 5) is 11.8. The van der Waals surface area contributed by atoms with Crippen molar-refractivity contribution in [3.8, 4) is 5.75 Å². The number of anilines is 1. The van der Waals surface area contributed by atoms with Gasteiger partial charge >= 0.3 is 6.36 Å². The summed E-state index contributed by atoms with van der Waals surface area (Å²) in [6.07, 6.45) is -2.53. The molecule has 1 N–H and O–H groups in total. The van der Waals surface area contributed by atoms with Gasteiger partial charge in [-0.25, -0.2) is 0 Å². The molecule has 8 heteroatoms. The lowest BCUT2D eigenvalue weighted by molar-refractivity contribution is -0.605. The quantitative estimate of drug-likeness (QED) is 0.699. The maximum absolute atomic E-state index is 12.1. The van der Waals surface area contributed by atoms with E-state index >= 15 is 0 Å². The number of hydrogen-bond donors (Lipinski definition) is 1. The van der Waals surface area contributed by atoms with Crippen LogP contribution in [0, 0.1) is 5.21 Å². The van der Waals surface area contributed by atoms with Gasteiger partial charge in [-0.3, -0.25) is 4.79 Å². The largest absolute Gasteiger partial charge is 0.619 e. The first kappa shape index (κ1) is 14.6. The lowest BCUT2D eigenvalue weighted by atomic mass is 10.2. The molecule has 0 radical (unpaired) electrons. The number of alkyl halides is 3. The molecule has 0 fully saturated rings. The van der Waals surface area contributed by atoms with Gasteiger partial charge in [0.25, 0.3) is 5.91 Å². The highest BCUT2D eigenvalue weighted by atomic mass is 19.4. The zero-order chi connectivity index (χ0) is 15.5. The molecule has 1 aromatic heterocycles. The Bertz CT molecular complexity index is 642. The minimum absolute atomic E-state index is 0.139. The predicted molar refractivity (Wildman–Crippen MR) is 66.5 cm³/mol. The van der Waals surface area contributed by atoms with Crippen molar-refractivity contribution in [1.82, 2.24) is 0 Å². The Labute approximate surface area is 117 Å². The van der Waals surface area contributed by atoms with E-state index in [-0.39, 0.29) is 11.3 Å². The predicted octanol–water partition coefficient (Wildman–Crippen LogP) is 2.47. The van der Waals surface area contributed by atoms with E-state index in [4.69, 9.17) is 0 Å². The Hall–Kier alpha value is -2.77. The number of carbonyl (C=O) groups is 1. The van der Waals surface area contributed by atoms with Gasteiger partial charge in [0.1, 0.15) is 5.75 Å². The molecule has 0 unspecified atom stereocenters. The van der Waals surface area contributed by atoms with Gasteiger partial charge in [0, 0.05) is 23.9 Å². The van der Waals surface area contributed by atoms with Crippen LogP contribution >= 0.6 is 0 Å². The molecule has 0 saturated heterocycles. The molecule has 0 aliphatic rings. The first-order valence-corrected chi connectivity index (χ1v) is 5.69. The lowest BCUT2D eigenvalue weighted by Gasteiger charge is -2.10. The Balaban J connectivity index is 2.10. The standard InChI is InChI=1S/C13H9F3N2O3/c14-13(15,16)21-11-3-1-2-10(8-11)17-12(19)9-4-6-18(20)7-5-9/h1-8H,(H,17,19). The molecule has 5 nitrogen and oxygen atoms in total. The van der Waals surface area contributed by atoms with Crippen LogP contribution in [0.3, 0.4) is 0 Å². The van der Waals surface area contributed by atoms with Crippen LogP contribution in [0.15, 0.2) is 48.8 Å². The van der Waals surface area contributed by atoms with Crippen molar-refractivity contribution in [1.29, 1.82) is 0 Å². The molecule has 110 valence electrons. The van der Waals surface area contributed by atoms with Gasteiger partial charge in [0.2, 0.25) is 0 Å². The number of pyridine rings is 1. The number of carbonyl (C=O) groups excluding carboxylic acids is 1. The van der Waals surface area contributed by atoms with E-state index in [0.29, 0.717) is 4.73 Å². The van der Waals surface area contributed by atoms with Crippen LogP contribution in [-0.4, -0.2) is 12.3 Å². The van der Waals surface area contributed by atoms with E-state index in [1.807, 2.05) is 0 Å². The number of nitrogens with zero attached hydrogens (tertiary/aromatic N) is 1. The van der Waals surface area contributed by atoms with Crippen molar-refractivity contribution in [2.24, 2.45) is 0 Å². The van der Waals surface area contributed by atoms with Crippen molar-refractivity contribution >= 4 is 11.6 Å². The van der Waals surface area contributed by atoms with Crippen LogP contribution in [0.1, 0.15) is 10.4 Å². The molecule has 1 amide bonds. The fraction of sp³-hybridized carbons (Fsp3) is 0.0769. The molecule has 0 spiro atoms. The number of halogens is 3. The number of aromatic nitrogens is 1. The fourth-order valence-corrected chi connectivity index (χ4v) is 1.54. The number of amides is 1. The molecule has 0 aliphatic carbocycles. The third-order valence-electron chi connectivity index (χ3n) is 2.39. The Kier molecular flexibility index (Phi) is 3.97. The summed E-state index contributed by atoms with van der Waals surface area (Å²) in [6, 6.07) is 7.47. The van der Waals surface area contributed by atoms with Crippen LogP contribution in [0.5, 0.6) is 5.75 Å². The van der Waals surface area contributed by atoms with Crippen molar-refractivity contribution in [2.45, 2.75) is 6.36 Å². The van der Waals surface area contributed by atoms with Gasteiger partial charge in [0.05, 0.1) is 5.56 Å². The van der Waals surface area contributed by atoms with E-state index in [0.717, 1.165) is 24.5 Å². The van der Waals surface area contributed by atoms with Gasteiger partial charge < -0.3 is 15.3 Å². The maximum atomic E-state index is 12.1. The van der Waals surface area contributed by atoms with E-state index in [1.165, 1.54) is 24.3 Å². The summed E-state index contributed by atoms with van der Waals surface area (Å²) in [7, 11) is 0.